The van der Waals surface area contributed by atoms with E-state index >= 15 is 4.39 Å². The quantitative estimate of drug-likeness (QED) is 0.364. The number of aliphatic hydroxyl groups excluding tert-OH is 3. The molecule has 168 valence electrons. The van der Waals surface area contributed by atoms with E-state index < -0.39 is 51.0 Å². The SMILES string of the molecule is O=c1[nH]c(=S)c(CO)cn1[C@@H]1O[C@](F)(COP2(=O)OCc3ccccc3O2)[C@@H](O)[C@H]1O. The number of nitrogens with zero attached hydrogens (tertiary/aromatic N) is 1. The van der Waals surface area contributed by atoms with E-state index in [1.54, 1.807) is 18.2 Å². The van der Waals surface area contributed by atoms with Gasteiger partial charge in [0.15, 0.2) is 6.23 Å². The zero-order chi connectivity index (χ0) is 22.4. The number of aromatic nitrogens is 2. The van der Waals surface area contributed by atoms with E-state index in [0.29, 0.717) is 5.56 Å². The molecule has 4 N–H and O–H groups in total. The number of hydrogen-bond donors (Lipinski definition) is 4. The van der Waals surface area contributed by atoms with Crippen molar-refractivity contribution in [3.8, 4) is 5.75 Å². The Labute approximate surface area is 179 Å². The zero-order valence-electron chi connectivity index (χ0n) is 15.7. The van der Waals surface area contributed by atoms with Gasteiger partial charge in [0.1, 0.15) is 29.2 Å². The van der Waals surface area contributed by atoms with Gasteiger partial charge in [-0.25, -0.2) is 13.8 Å². The van der Waals surface area contributed by atoms with E-state index in [1.165, 1.54) is 6.07 Å². The average molecular weight is 476 g/mol. The molecule has 0 radical (unpaired) electrons. The predicted octanol–water partition coefficient (Wildman–Crippen LogP) is 1.05. The van der Waals surface area contributed by atoms with E-state index in [0.717, 1.165) is 10.8 Å². The van der Waals surface area contributed by atoms with Crippen molar-refractivity contribution >= 4 is 20.0 Å². The highest BCUT2D eigenvalue weighted by Gasteiger charge is 2.57. The second-order valence-electron chi connectivity index (χ2n) is 6.90. The Morgan fingerprint density at radius 1 is 1.39 bits per heavy atom. The molecule has 3 heterocycles. The lowest BCUT2D eigenvalue weighted by Crippen LogP contribution is -2.43. The van der Waals surface area contributed by atoms with E-state index in [9.17, 15) is 24.7 Å². The molecule has 1 unspecified atom stereocenters. The monoisotopic (exact) mass is 476 g/mol. The minimum absolute atomic E-state index is 0.0448. The molecule has 0 spiro atoms. The minimum atomic E-state index is -4.24. The van der Waals surface area contributed by atoms with Gasteiger partial charge in [-0.1, -0.05) is 30.4 Å². The lowest BCUT2D eigenvalue weighted by molar-refractivity contribution is -0.205. The lowest BCUT2D eigenvalue weighted by atomic mass is 10.1. The third-order valence-electron chi connectivity index (χ3n) is 4.84. The van der Waals surface area contributed by atoms with Gasteiger partial charge in [-0.15, -0.1) is 0 Å². The Bertz CT molecular complexity index is 1160. The minimum Gasteiger partial charge on any atom is -0.404 e. The van der Waals surface area contributed by atoms with Crippen molar-refractivity contribution < 1.29 is 42.6 Å². The van der Waals surface area contributed by atoms with Crippen LogP contribution in [0.3, 0.4) is 0 Å². The largest absolute Gasteiger partial charge is 0.530 e. The molecule has 0 bridgehead atoms. The van der Waals surface area contributed by atoms with Crippen molar-refractivity contribution in [1.82, 2.24) is 9.55 Å². The first-order valence-electron chi connectivity index (χ1n) is 9.00. The van der Waals surface area contributed by atoms with Crippen molar-refractivity contribution in [2.75, 3.05) is 6.61 Å². The second-order valence-corrected chi connectivity index (χ2v) is 8.90. The number of aromatic amines is 1. The molecule has 0 amide bonds. The number of benzene rings is 1. The molecule has 1 saturated heterocycles. The van der Waals surface area contributed by atoms with Crippen LogP contribution in [-0.2, 0) is 31.6 Å². The van der Waals surface area contributed by atoms with Crippen LogP contribution in [0.15, 0.2) is 35.3 Å². The molecule has 11 nitrogen and oxygen atoms in total. The number of rotatable bonds is 5. The number of alkyl halides is 1. The van der Waals surface area contributed by atoms with Gasteiger partial charge in [0, 0.05) is 17.3 Å². The Morgan fingerprint density at radius 2 is 2.13 bits per heavy atom. The Morgan fingerprint density at radius 3 is 2.87 bits per heavy atom. The summed E-state index contributed by atoms with van der Waals surface area (Å²) in [4.78, 5) is 14.4. The van der Waals surface area contributed by atoms with E-state index in [2.05, 4.69) is 4.98 Å². The number of aliphatic hydroxyl groups is 3. The van der Waals surface area contributed by atoms with Crippen LogP contribution in [0.5, 0.6) is 5.75 Å². The van der Waals surface area contributed by atoms with Crippen molar-refractivity contribution in [2.45, 2.75) is 37.5 Å². The number of fused-ring (bicyclic) bond motifs is 1. The molecule has 4 rings (SSSR count). The number of H-pyrrole nitrogens is 1. The van der Waals surface area contributed by atoms with Crippen LogP contribution < -0.4 is 10.2 Å². The Balaban J connectivity index is 1.53. The molecule has 0 saturated carbocycles. The average Bonchev–Trinajstić information content (AvgIpc) is 2.97. The molecule has 2 aromatic rings. The third-order valence-corrected chi connectivity index (χ3v) is 6.52. The predicted molar refractivity (Wildman–Crippen MR) is 103 cm³/mol. The fraction of sp³-hybridized carbons (Fsp3) is 0.412. The van der Waals surface area contributed by atoms with Gasteiger partial charge < -0.3 is 24.6 Å². The first-order valence-corrected chi connectivity index (χ1v) is 10.9. The topological polar surface area (TPSA) is 152 Å². The van der Waals surface area contributed by atoms with Gasteiger partial charge in [0.2, 0.25) is 0 Å². The van der Waals surface area contributed by atoms with Crippen LogP contribution in [0.1, 0.15) is 17.4 Å². The zero-order valence-corrected chi connectivity index (χ0v) is 17.4. The Kier molecular flexibility index (Phi) is 5.87. The highest BCUT2D eigenvalue weighted by molar-refractivity contribution is 7.71. The Hall–Kier alpha value is -1.96. The number of phosphoric ester groups is 1. The van der Waals surface area contributed by atoms with Crippen molar-refractivity contribution in [1.29, 1.82) is 0 Å². The molecule has 2 aliphatic heterocycles. The van der Waals surface area contributed by atoms with Crippen LogP contribution in [0, 0.1) is 4.64 Å². The molecule has 2 aliphatic rings. The van der Waals surface area contributed by atoms with Crippen LogP contribution >= 0.6 is 20.0 Å². The summed E-state index contributed by atoms with van der Waals surface area (Å²) in [5.41, 5.74) is -0.146. The van der Waals surface area contributed by atoms with Crippen LogP contribution in [0.4, 0.5) is 4.39 Å². The summed E-state index contributed by atoms with van der Waals surface area (Å²) in [6.07, 6.45) is -4.70. The normalized spacial score (nSPS) is 32.5. The number of para-hydroxylation sites is 1. The number of nitrogens with one attached hydrogen (secondary N) is 1. The second kappa shape index (κ2) is 8.19. The first kappa shape index (κ1) is 22.2. The molecular formula is C17H18FN2O9PS. The van der Waals surface area contributed by atoms with Gasteiger partial charge in [-0.2, -0.15) is 0 Å². The fourth-order valence-electron chi connectivity index (χ4n) is 3.16. The number of phosphoric acid groups is 1. The summed E-state index contributed by atoms with van der Waals surface area (Å²) in [6.45, 7) is -1.78. The maximum absolute atomic E-state index is 15.3. The van der Waals surface area contributed by atoms with Gasteiger partial charge in [-0.3, -0.25) is 18.6 Å². The lowest BCUT2D eigenvalue weighted by Gasteiger charge is -2.28. The molecule has 1 fully saturated rings. The van der Waals surface area contributed by atoms with Gasteiger partial charge in [0.25, 0.3) is 5.85 Å². The number of halogens is 1. The van der Waals surface area contributed by atoms with E-state index in [1.807, 2.05) is 0 Å². The van der Waals surface area contributed by atoms with Gasteiger partial charge >= 0.3 is 13.5 Å². The molecule has 14 heteroatoms. The molecule has 1 aromatic heterocycles. The van der Waals surface area contributed by atoms with E-state index in [4.69, 9.17) is 30.5 Å². The van der Waals surface area contributed by atoms with Crippen molar-refractivity contribution in [3.05, 3.63) is 56.7 Å². The van der Waals surface area contributed by atoms with Crippen LogP contribution in [0.25, 0.3) is 0 Å². The highest BCUT2D eigenvalue weighted by atomic mass is 32.1. The molecule has 31 heavy (non-hydrogen) atoms. The standard InChI is InChI=1S/C17H18FN2O9PS/c18-17(8-27-30(25)26-7-9-3-1-2-4-11(9)29-30)13(23)12(22)15(28-17)20-5-10(6-21)14(31)19-16(20)24/h1-5,12-13,15,21-23H,6-8H2,(H,19,24,31)/t12-,13+,15-,17-,30?/m1/s1. The summed E-state index contributed by atoms with van der Waals surface area (Å²) >= 11 is 4.89. The summed E-state index contributed by atoms with van der Waals surface area (Å²) in [5.74, 6) is -2.82. The number of hydrogen-bond acceptors (Lipinski definition) is 10. The summed E-state index contributed by atoms with van der Waals surface area (Å²) in [7, 11) is -4.24. The fourth-order valence-corrected chi connectivity index (χ4v) is 4.59. The van der Waals surface area contributed by atoms with Crippen LogP contribution in [-0.4, -0.2) is 49.5 Å². The summed E-state index contributed by atoms with van der Waals surface area (Å²) in [6, 6.07) is 6.58. The van der Waals surface area contributed by atoms with Gasteiger partial charge in [-0.05, 0) is 6.07 Å². The molecule has 0 aliphatic carbocycles. The van der Waals surface area contributed by atoms with Crippen molar-refractivity contribution in [2.24, 2.45) is 0 Å². The maximum Gasteiger partial charge on any atom is 0.530 e. The summed E-state index contributed by atoms with van der Waals surface area (Å²) < 4.78 is 49.1. The third kappa shape index (κ3) is 4.11. The molecule has 5 atom stereocenters. The highest BCUT2D eigenvalue weighted by Crippen LogP contribution is 2.55. The molecular weight excluding hydrogens is 458 g/mol. The van der Waals surface area contributed by atoms with Crippen LogP contribution in [0.2, 0.25) is 0 Å². The maximum atomic E-state index is 15.3. The van der Waals surface area contributed by atoms with Gasteiger partial charge in [0.05, 0.1) is 13.2 Å². The first-order chi connectivity index (χ1) is 14.7. The van der Waals surface area contributed by atoms with E-state index in [-0.39, 0.29) is 22.6 Å². The summed E-state index contributed by atoms with van der Waals surface area (Å²) in [5, 5.41) is 29.8. The molecule has 1 aromatic carbocycles. The van der Waals surface area contributed by atoms with Crippen molar-refractivity contribution in [3.63, 3.8) is 0 Å². The smallest absolute Gasteiger partial charge is 0.404 e. The number of ether oxygens (including phenoxy) is 1.